The molecule has 0 spiro atoms. The second-order valence-electron chi connectivity index (χ2n) is 7.96. The van der Waals surface area contributed by atoms with Gasteiger partial charge in [0, 0.05) is 31.7 Å². The lowest BCUT2D eigenvalue weighted by Gasteiger charge is -2.36. The zero-order chi connectivity index (χ0) is 22.7. The van der Waals surface area contributed by atoms with Gasteiger partial charge < -0.3 is 9.84 Å². The number of hydrogen-bond donors (Lipinski definition) is 1. The summed E-state index contributed by atoms with van der Waals surface area (Å²) in [7, 11) is 0. The highest BCUT2D eigenvalue weighted by atomic mass is 35.5. The van der Waals surface area contributed by atoms with E-state index < -0.39 is 0 Å². The number of aryl methyl sites for hydroxylation is 1. The Hall–Kier alpha value is -2.45. The quantitative estimate of drug-likeness (QED) is 0.560. The minimum absolute atomic E-state index is 0.000364. The molecule has 4 rings (SSSR count). The van der Waals surface area contributed by atoms with Gasteiger partial charge in [0.25, 0.3) is 0 Å². The van der Waals surface area contributed by atoms with Crippen molar-refractivity contribution in [3.63, 3.8) is 0 Å². The minimum Gasteiger partial charge on any atom is -0.337 e. The maximum Gasteiger partial charge on any atom is 0.244 e. The SMILES string of the molecule is Cc1ccc(-c2noc(C(C)N3CCN(CC(=O)Nc4c(Cl)cccc4Cl)CC3)n2)cc1. The van der Waals surface area contributed by atoms with Crippen molar-refractivity contribution in [2.75, 3.05) is 38.0 Å². The van der Waals surface area contributed by atoms with Gasteiger partial charge in [0.1, 0.15) is 0 Å². The number of carbonyl (C=O) groups excluding carboxylic acids is 1. The first kappa shape index (κ1) is 22.7. The van der Waals surface area contributed by atoms with Crippen molar-refractivity contribution >= 4 is 34.8 Å². The van der Waals surface area contributed by atoms with Crippen LogP contribution >= 0.6 is 23.2 Å². The average Bonchev–Trinajstić information content (AvgIpc) is 3.27. The van der Waals surface area contributed by atoms with Gasteiger partial charge in [0.2, 0.25) is 17.6 Å². The summed E-state index contributed by atoms with van der Waals surface area (Å²) in [6.45, 7) is 7.49. The fourth-order valence-corrected chi connectivity index (χ4v) is 4.18. The highest BCUT2D eigenvalue weighted by Gasteiger charge is 2.27. The number of benzene rings is 2. The van der Waals surface area contributed by atoms with Gasteiger partial charge in [0.05, 0.1) is 28.3 Å². The van der Waals surface area contributed by atoms with Crippen LogP contribution in [-0.2, 0) is 4.79 Å². The van der Waals surface area contributed by atoms with E-state index in [0.717, 1.165) is 31.7 Å². The van der Waals surface area contributed by atoms with Crippen LogP contribution in [0.4, 0.5) is 5.69 Å². The van der Waals surface area contributed by atoms with Crippen molar-refractivity contribution in [1.82, 2.24) is 19.9 Å². The van der Waals surface area contributed by atoms with Crippen molar-refractivity contribution in [3.8, 4) is 11.4 Å². The molecule has 1 atom stereocenters. The molecule has 1 fully saturated rings. The molecule has 2 heterocycles. The molecule has 168 valence electrons. The summed E-state index contributed by atoms with van der Waals surface area (Å²) in [4.78, 5) is 21.4. The average molecular weight is 474 g/mol. The molecule has 32 heavy (non-hydrogen) atoms. The van der Waals surface area contributed by atoms with Gasteiger partial charge in [-0.05, 0) is 26.0 Å². The molecule has 1 unspecified atom stereocenters. The molecule has 0 radical (unpaired) electrons. The minimum atomic E-state index is -0.138. The molecule has 1 saturated heterocycles. The normalized spacial score (nSPS) is 16.1. The van der Waals surface area contributed by atoms with Crippen LogP contribution < -0.4 is 5.32 Å². The van der Waals surface area contributed by atoms with Crippen molar-refractivity contribution in [2.45, 2.75) is 19.9 Å². The van der Waals surface area contributed by atoms with Crippen LogP contribution in [0.5, 0.6) is 0 Å². The molecule has 9 heteroatoms. The predicted octanol–water partition coefficient (Wildman–Crippen LogP) is 4.67. The largest absolute Gasteiger partial charge is 0.337 e. The van der Waals surface area contributed by atoms with Crippen LogP contribution in [0.15, 0.2) is 47.0 Å². The number of amides is 1. The van der Waals surface area contributed by atoms with Crippen LogP contribution in [-0.4, -0.2) is 58.6 Å². The van der Waals surface area contributed by atoms with E-state index in [9.17, 15) is 4.79 Å². The fourth-order valence-electron chi connectivity index (χ4n) is 3.69. The van der Waals surface area contributed by atoms with Gasteiger partial charge >= 0.3 is 0 Å². The van der Waals surface area contributed by atoms with Crippen molar-refractivity contribution in [2.24, 2.45) is 0 Å². The highest BCUT2D eigenvalue weighted by molar-refractivity contribution is 6.39. The number of halogens is 2. The highest BCUT2D eigenvalue weighted by Crippen LogP contribution is 2.30. The van der Waals surface area contributed by atoms with Crippen LogP contribution in [0.3, 0.4) is 0 Å². The molecule has 1 aromatic heterocycles. The number of para-hydroxylation sites is 1. The summed E-state index contributed by atoms with van der Waals surface area (Å²) in [6, 6.07) is 13.2. The molecular weight excluding hydrogens is 449 g/mol. The van der Waals surface area contributed by atoms with Crippen molar-refractivity contribution < 1.29 is 9.32 Å². The molecule has 1 amide bonds. The summed E-state index contributed by atoms with van der Waals surface area (Å²) in [6.07, 6.45) is 0. The van der Waals surface area contributed by atoms with Gasteiger partial charge in [-0.25, -0.2) is 0 Å². The molecule has 2 aromatic carbocycles. The zero-order valence-corrected chi connectivity index (χ0v) is 19.5. The summed E-state index contributed by atoms with van der Waals surface area (Å²) in [5.41, 5.74) is 2.58. The standard InChI is InChI=1S/C23H25Cl2N5O2/c1-15-6-8-17(9-7-15)22-27-23(32-28-22)16(2)30-12-10-29(11-13-30)14-20(31)26-21-18(24)4-3-5-19(21)25/h3-9,16H,10-14H2,1-2H3,(H,26,31). The van der Waals surface area contributed by atoms with E-state index in [1.165, 1.54) is 5.56 Å². The van der Waals surface area contributed by atoms with E-state index in [1.807, 2.05) is 31.2 Å². The van der Waals surface area contributed by atoms with Crippen LogP contribution in [0.2, 0.25) is 10.0 Å². The van der Waals surface area contributed by atoms with E-state index in [2.05, 4.69) is 32.2 Å². The summed E-state index contributed by atoms with van der Waals surface area (Å²) < 4.78 is 5.54. The van der Waals surface area contributed by atoms with E-state index in [0.29, 0.717) is 27.4 Å². The summed E-state index contributed by atoms with van der Waals surface area (Å²) >= 11 is 12.3. The van der Waals surface area contributed by atoms with Gasteiger partial charge in [0.15, 0.2) is 0 Å². The number of hydrogen-bond acceptors (Lipinski definition) is 6. The second kappa shape index (κ2) is 10.0. The molecule has 1 aliphatic rings. The first-order valence-corrected chi connectivity index (χ1v) is 11.3. The smallest absolute Gasteiger partial charge is 0.244 e. The third kappa shape index (κ3) is 5.30. The van der Waals surface area contributed by atoms with Gasteiger partial charge in [-0.1, -0.05) is 64.3 Å². The number of aromatic nitrogens is 2. The van der Waals surface area contributed by atoms with Crippen molar-refractivity contribution in [3.05, 3.63) is 64.0 Å². The second-order valence-corrected chi connectivity index (χ2v) is 8.77. The Labute approximate surface area is 197 Å². The van der Waals surface area contributed by atoms with Crippen LogP contribution in [0.25, 0.3) is 11.4 Å². The van der Waals surface area contributed by atoms with E-state index >= 15 is 0 Å². The number of piperazine rings is 1. The fraction of sp³-hybridized carbons (Fsp3) is 0.348. The molecule has 7 nitrogen and oxygen atoms in total. The Morgan fingerprint density at radius 1 is 1.09 bits per heavy atom. The maximum absolute atomic E-state index is 12.5. The summed E-state index contributed by atoms with van der Waals surface area (Å²) in [5, 5.41) is 7.81. The third-order valence-electron chi connectivity index (χ3n) is 5.66. The Kier molecular flexibility index (Phi) is 7.10. The predicted molar refractivity (Wildman–Crippen MR) is 126 cm³/mol. The monoisotopic (exact) mass is 473 g/mol. The first-order chi connectivity index (χ1) is 15.4. The van der Waals surface area contributed by atoms with Gasteiger partial charge in [-0.3, -0.25) is 14.6 Å². The lowest BCUT2D eigenvalue weighted by Crippen LogP contribution is -2.49. The van der Waals surface area contributed by atoms with E-state index in [4.69, 9.17) is 27.7 Å². The number of carbonyl (C=O) groups is 1. The Morgan fingerprint density at radius 3 is 2.41 bits per heavy atom. The first-order valence-electron chi connectivity index (χ1n) is 10.5. The third-order valence-corrected chi connectivity index (χ3v) is 6.29. The summed E-state index contributed by atoms with van der Waals surface area (Å²) in [5.74, 6) is 1.06. The van der Waals surface area contributed by atoms with E-state index in [1.54, 1.807) is 18.2 Å². The topological polar surface area (TPSA) is 74.5 Å². The Bertz CT molecular complexity index is 1060. The molecular formula is C23H25Cl2N5O2. The van der Waals surface area contributed by atoms with Gasteiger partial charge in [-0.2, -0.15) is 4.98 Å². The Morgan fingerprint density at radius 2 is 1.75 bits per heavy atom. The number of nitrogens with zero attached hydrogens (tertiary/aromatic N) is 4. The Balaban J connectivity index is 1.30. The van der Waals surface area contributed by atoms with Gasteiger partial charge in [-0.15, -0.1) is 0 Å². The lowest BCUT2D eigenvalue weighted by atomic mass is 10.1. The number of rotatable bonds is 6. The van der Waals surface area contributed by atoms with Crippen LogP contribution in [0.1, 0.15) is 24.4 Å². The molecule has 0 bridgehead atoms. The molecule has 0 saturated carbocycles. The van der Waals surface area contributed by atoms with Crippen molar-refractivity contribution in [1.29, 1.82) is 0 Å². The van der Waals surface area contributed by atoms with Crippen LogP contribution in [0, 0.1) is 6.92 Å². The molecule has 3 aromatic rings. The molecule has 0 aliphatic carbocycles. The maximum atomic E-state index is 12.5. The molecule has 1 N–H and O–H groups in total. The van der Waals surface area contributed by atoms with E-state index in [-0.39, 0.29) is 18.5 Å². The zero-order valence-electron chi connectivity index (χ0n) is 18.0. The molecule has 1 aliphatic heterocycles. The number of nitrogens with one attached hydrogen (secondary N) is 1. The number of anilines is 1. The lowest BCUT2D eigenvalue weighted by molar-refractivity contribution is -0.117.